The molecule has 8 heteroatoms. The molecular weight excluding hydrogens is 275 g/mol. The standard InChI is InChI=1S/C12H8F3N3O2/c13-12(14,15)10(17)5-9(11(19)20)18-8-3-1-2-7(4-8)6-16/h1-5,17-18H,(H,19,20)/b9-5-,17-10?. The zero-order chi connectivity index (χ0) is 15.3. The third kappa shape index (κ3) is 4.13. The average Bonchev–Trinajstić information content (AvgIpc) is 2.36. The summed E-state index contributed by atoms with van der Waals surface area (Å²) in [5.74, 6) is -1.65. The number of rotatable bonds is 4. The van der Waals surface area contributed by atoms with Crippen LogP contribution >= 0.6 is 0 Å². The van der Waals surface area contributed by atoms with Gasteiger partial charge in [0.2, 0.25) is 0 Å². The van der Waals surface area contributed by atoms with Crippen LogP contribution in [0.3, 0.4) is 0 Å². The normalized spacial score (nSPS) is 11.6. The van der Waals surface area contributed by atoms with E-state index in [9.17, 15) is 18.0 Å². The number of aliphatic carboxylic acids is 1. The van der Waals surface area contributed by atoms with Crippen LogP contribution < -0.4 is 5.32 Å². The second-order valence-electron chi connectivity index (χ2n) is 3.59. The van der Waals surface area contributed by atoms with Gasteiger partial charge in [-0.2, -0.15) is 18.4 Å². The molecule has 1 aromatic rings. The van der Waals surface area contributed by atoms with E-state index in [1.54, 1.807) is 6.07 Å². The third-order valence-corrected chi connectivity index (χ3v) is 2.10. The van der Waals surface area contributed by atoms with Crippen molar-refractivity contribution in [3.8, 4) is 6.07 Å². The molecule has 0 radical (unpaired) electrons. The largest absolute Gasteiger partial charge is 0.477 e. The van der Waals surface area contributed by atoms with Crippen molar-refractivity contribution in [1.29, 1.82) is 10.7 Å². The van der Waals surface area contributed by atoms with Crippen molar-refractivity contribution < 1.29 is 23.1 Å². The molecule has 104 valence electrons. The first kappa shape index (κ1) is 15.2. The topological polar surface area (TPSA) is 97.0 Å². The van der Waals surface area contributed by atoms with Gasteiger partial charge in [0.05, 0.1) is 11.6 Å². The Labute approximate surface area is 111 Å². The monoisotopic (exact) mass is 283 g/mol. The number of anilines is 1. The highest BCUT2D eigenvalue weighted by Gasteiger charge is 2.33. The van der Waals surface area contributed by atoms with E-state index in [2.05, 4.69) is 5.32 Å². The summed E-state index contributed by atoms with van der Waals surface area (Å²) < 4.78 is 36.6. The smallest absolute Gasteiger partial charge is 0.432 e. The first-order chi connectivity index (χ1) is 9.24. The summed E-state index contributed by atoms with van der Waals surface area (Å²) in [4.78, 5) is 10.9. The van der Waals surface area contributed by atoms with Crippen molar-refractivity contribution in [2.75, 3.05) is 5.32 Å². The molecule has 20 heavy (non-hydrogen) atoms. The van der Waals surface area contributed by atoms with Gasteiger partial charge in [0.25, 0.3) is 0 Å². The van der Waals surface area contributed by atoms with Gasteiger partial charge in [-0.25, -0.2) is 4.79 Å². The van der Waals surface area contributed by atoms with Crippen LogP contribution in [0.4, 0.5) is 18.9 Å². The van der Waals surface area contributed by atoms with E-state index in [0.717, 1.165) is 0 Å². The van der Waals surface area contributed by atoms with Gasteiger partial charge in [0.1, 0.15) is 11.4 Å². The molecule has 0 unspecified atom stereocenters. The molecule has 0 bridgehead atoms. The minimum Gasteiger partial charge on any atom is -0.477 e. The Kier molecular flexibility index (Phi) is 4.48. The lowest BCUT2D eigenvalue weighted by Crippen LogP contribution is -2.22. The van der Waals surface area contributed by atoms with Crippen LogP contribution in [0.2, 0.25) is 0 Å². The molecule has 5 nitrogen and oxygen atoms in total. The maximum atomic E-state index is 12.2. The zero-order valence-corrected chi connectivity index (χ0v) is 9.82. The molecule has 1 rings (SSSR count). The predicted octanol–water partition coefficient (Wildman–Crippen LogP) is 2.52. The summed E-state index contributed by atoms with van der Waals surface area (Å²) in [5, 5.41) is 26.5. The number of alkyl halides is 3. The second kappa shape index (κ2) is 5.88. The van der Waals surface area contributed by atoms with Crippen LogP contribution in [0.15, 0.2) is 36.0 Å². The molecule has 0 fully saturated rings. The van der Waals surface area contributed by atoms with Crippen molar-refractivity contribution >= 4 is 17.4 Å². The number of carbonyl (C=O) groups is 1. The second-order valence-corrected chi connectivity index (χ2v) is 3.59. The number of benzene rings is 1. The Balaban J connectivity index is 3.05. The lowest BCUT2D eigenvalue weighted by atomic mass is 10.2. The summed E-state index contributed by atoms with van der Waals surface area (Å²) in [6.45, 7) is 0. The fourth-order valence-corrected chi connectivity index (χ4v) is 1.20. The predicted molar refractivity (Wildman–Crippen MR) is 64.3 cm³/mol. The molecule has 0 saturated heterocycles. The van der Waals surface area contributed by atoms with Crippen LogP contribution in [-0.2, 0) is 4.79 Å². The van der Waals surface area contributed by atoms with E-state index in [1.807, 2.05) is 0 Å². The first-order valence-corrected chi connectivity index (χ1v) is 5.12. The van der Waals surface area contributed by atoms with E-state index in [1.165, 1.54) is 24.3 Å². The number of hydrogen-bond donors (Lipinski definition) is 3. The molecule has 3 N–H and O–H groups in total. The number of carboxylic acid groups (broad SMARTS) is 1. The van der Waals surface area contributed by atoms with Crippen molar-refractivity contribution in [1.82, 2.24) is 0 Å². The number of nitrogens with zero attached hydrogens (tertiary/aromatic N) is 1. The summed E-state index contributed by atoms with van der Waals surface area (Å²) in [6, 6.07) is 7.35. The van der Waals surface area contributed by atoms with Crippen molar-refractivity contribution in [2.45, 2.75) is 6.18 Å². The molecule has 0 aliphatic rings. The van der Waals surface area contributed by atoms with Crippen LogP contribution in [0.5, 0.6) is 0 Å². The fraction of sp³-hybridized carbons (Fsp3) is 0.0833. The molecule has 0 aliphatic carbocycles. The van der Waals surface area contributed by atoms with E-state index in [4.69, 9.17) is 15.8 Å². The van der Waals surface area contributed by atoms with E-state index < -0.39 is 23.6 Å². The molecule has 0 saturated carbocycles. The quantitative estimate of drug-likeness (QED) is 0.584. The minimum absolute atomic E-state index is 0.132. The van der Waals surface area contributed by atoms with Gasteiger partial charge in [-0.1, -0.05) is 6.07 Å². The highest BCUT2D eigenvalue weighted by atomic mass is 19.4. The number of allylic oxidation sites excluding steroid dienone is 1. The van der Waals surface area contributed by atoms with Gasteiger partial charge in [-0.15, -0.1) is 0 Å². The molecular formula is C12H8F3N3O2. The Morgan fingerprint density at radius 3 is 2.60 bits per heavy atom. The maximum absolute atomic E-state index is 12.2. The molecule has 0 spiro atoms. The maximum Gasteiger partial charge on any atom is 0.432 e. The number of hydrogen-bond acceptors (Lipinski definition) is 4. The Morgan fingerprint density at radius 2 is 2.10 bits per heavy atom. The number of nitriles is 1. The lowest BCUT2D eigenvalue weighted by molar-refractivity contribution is -0.132. The molecule has 0 atom stereocenters. The highest BCUT2D eigenvalue weighted by Crippen LogP contribution is 2.19. The number of halogens is 3. The van der Waals surface area contributed by atoms with Crippen molar-refractivity contribution in [2.24, 2.45) is 0 Å². The minimum atomic E-state index is -4.93. The highest BCUT2D eigenvalue weighted by molar-refractivity contribution is 6.04. The van der Waals surface area contributed by atoms with E-state index in [-0.39, 0.29) is 17.3 Å². The lowest BCUT2D eigenvalue weighted by Gasteiger charge is -2.09. The average molecular weight is 283 g/mol. The van der Waals surface area contributed by atoms with E-state index >= 15 is 0 Å². The molecule has 0 heterocycles. The summed E-state index contributed by atoms with van der Waals surface area (Å²) in [6.07, 6.45) is -4.77. The fourth-order valence-electron chi connectivity index (χ4n) is 1.20. The zero-order valence-electron chi connectivity index (χ0n) is 9.82. The van der Waals surface area contributed by atoms with Crippen LogP contribution in [0.1, 0.15) is 5.56 Å². The van der Waals surface area contributed by atoms with Crippen molar-refractivity contribution in [3.63, 3.8) is 0 Å². The molecule has 0 aliphatic heterocycles. The number of carboxylic acids is 1. The third-order valence-electron chi connectivity index (χ3n) is 2.10. The molecule has 0 aromatic heterocycles. The number of nitrogens with one attached hydrogen (secondary N) is 2. The Morgan fingerprint density at radius 1 is 1.45 bits per heavy atom. The molecule has 1 aromatic carbocycles. The van der Waals surface area contributed by atoms with Gasteiger partial charge in [-0.3, -0.25) is 5.41 Å². The Bertz CT molecular complexity index is 615. The van der Waals surface area contributed by atoms with Gasteiger partial charge in [-0.05, 0) is 24.3 Å². The summed E-state index contributed by atoms with van der Waals surface area (Å²) >= 11 is 0. The summed E-state index contributed by atoms with van der Waals surface area (Å²) in [5.41, 5.74) is -2.26. The van der Waals surface area contributed by atoms with Gasteiger partial charge < -0.3 is 10.4 Å². The van der Waals surface area contributed by atoms with E-state index in [0.29, 0.717) is 0 Å². The SMILES string of the molecule is N#Cc1cccc(N/C(=C\C(=N)C(F)(F)F)C(=O)O)c1. The van der Waals surface area contributed by atoms with Gasteiger partial charge in [0, 0.05) is 5.69 Å². The molecule has 0 amide bonds. The Hall–Kier alpha value is -2.82. The van der Waals surface area contributed by atoms with Crippen LogP contribution in [0, 0.1) is 16.7 Å². The van der Waals surface area contributed by atoms with Crippen molar-refractivity contribution in [3.05, 3.63) is 41.6 Å². The summed E-state index contributed by atoms with van der Waals surface area (Å²) in [7, 11) is 0. The van der Waals surface area contributed by atoms with Crippen LogP contribution in [0.25, 0.3) is 0 Å². The van der Waals surface area contributed by atoms with Crippen LogP contribution in [-0.4, -0.2) is 23.0 Å². The van der Waals surface area contributed by atoms with Gasteiger partial charge >= 0.3 is 12.1 Å². The first-order valence-electron chi connectivity index (χ1n) is 5.12. The van der Waals surface area contributed by atoms with Gasteiger partial charge in [0.15, 0.2) is 0 Å².